The van der Waals surface area contributed by atoms with Gasteiger partial charge in [-0.05, 0) is 59.9 Å². The third-order valence-corrected chi connectivity index (χ3v) is 10.8. The predicted molar refractivity (Wildman–Crippen MR) is 217 cm³/mol. The maximum atomic E-state index is 13.9. The van der Waals surface area contributed by atoms with Gasteiger partial charge in [-0.2, -0.15) is 0 Å². The Hall–Kier alpha value is -5.70. The van der Waals surface area contributed by atoms with Crippen LogP contribution in [0.2, 0.25) is 0 Å². The quantitative estimate of drug-likeness (QED) is 0.0871. The number of Topliss-reactive ketones (excluding diaryl/α,β-unsaturated/α-hetero) is 3. The highest BCUT2D eigenvalue weighted by atomic mass is 16.2. The normalized spacial score (nSPS) is 15.1. The summed E-state index contributed by atoms with van der Waals surface area (Å²) in [6.07, 6.45) is 5.75. The van der Waals surface area contributed by atoms with Gasteiger partial charge < -0.3 is 16.4 Å². The standard InChI is InChI=1S/C47H53N3O6/c1-32(49-46(55)40(27-33-14-6-2-7-15-33)30-41(51)28-34-16-8-3-9-17-34)44(53)47(56)50-42(29-35-18-10-4-11-19-35)43(52)31-39(45(48)54)26-36-22-24-38(25-23-36)37-20-12-5-13-21-37/h2-3,5-9,12-17,20-25,32,35,39-40,42H,4,10-11,18-19,26-31H2,1H3,(H2,48,54)(H,49,55)(H,50,56). The zero-order valence-electron chi connectivity index (χ0n) is 32.2. The molecule has 0 aromatic heterocycles. The summed E-state index contributed by atoms with van der Waals surface area (Å²) in [6, 6.07) is 34.1. The summed E-state index contributed by atoms with van der Waals surface area (Å²) in [5, 5.41) is 5.36. The van der Waals surface area contributed by atoms with Crippen LogP contribution < -0.4 is 16.4 Å². The second-order valence-electron chi connectivity index (χ2n) is 15.2. The highest BCUT2D eigenvalue weighted by Gasteiger charge is 2.33. The number of benzene rings is 4. The van der Waals surface area contributed by atoms with E-state index in [1.54, 1.807) is 0 Å². The van der Waals surface area contributed by atoms with Crippen molar-refractivity contribution in [1.29, 1.82) is 0 Å². The largest absolute Gasteiger partial charge is 0.369 e. The number of nitrogens with two attached hydrogens (primary N) is 1. The van der Waals surface area contributed by atoms with E-state index in [9.17, 15) is 28.8 Å². The van der Waals surface area contributed by atoms with Crippen molar-refractivity contribution in [3.8, 4) is 11.1 Å². The molecule has 4 N–H and O–H groups in total. The fourth-order valence-electron chi connectivity index (χ4n) is 7.58. The molecular formula is C47H53N3O6. The van der Waals surface area contributed by atoms with Gasteiger partial charge in [-0.1, -0.05) is 147 Å². The minimum absolute atomic E-state index is 0.0428. The van der Waals surface area contributed by atoms with Crippen molar-refractivity contribution in [2.24, 2.45) is 23.5 Å². The van der Waals surface area contributed by atoms with Crippen molar-refractivity contribution >= 4 is 35.1 Å². The van der Waals surface area contributed by atoms with Gasteiger partial charge in [0.15, 0.2) is 5.78 Å². The summed E-state index contributed by atoms with van der Waals surface area (Å²) in [4.78, 5) is 80.4. The van der Waals surface area contributed by atoms with E-state index < -0.39 is 47.4 Å². The van der Waals surface area contributed by atoms with E-state index in [0.717, 1.165) is 59.9 Å². The monoisotopic (exact) mass is 755 g/mol. The maximum Gasteiger partial charge on any atom is 0.290 e. The highest BCUT2D eigenvalue weighted by molar-refractivity contribution is 6.38. The molecule has 56 heavy (non-hydrogen) atoms. The molecule has 0 saturated heterocycles. The zero-order chi connectivity index (χ0) is 39.9. The number of primary amides is 1. The average Bonchev–Trinajstić information content (AvgIpc) is 3.21. The third kappa shape index (κ3) is 12.7. The Balaban J connectivity index is 1.23. The molecule has 9 nitrogen and oxygen atoms in total. The second-order valence-corrected chi connectivity index (χ2v) is 15.2. The number of nitrogens with one attached hydrogen (secondary N) is 2. The lowest BCUT2D eigenvalue weighted by Gasteiger charge is -2.27. The molecule has 292 valence electrons. The number of ketones is 3. The van der Waals surface area contributed by atoms with Crippen LogP contribution in [0.25, 0.3) is 11.1 Å². The van der Waals surface area contributed by atoms with Gasteiger partial charge in [-0.15, -0.1) is 0 Å². The average molecular weight is 756 g/mol. The van der Waals surface area contributed by atoms with E-state index in [1.807, 2.05) is 115 Å². The Morgan fingerprint density at radius 2 is 1.16 bits per heavy atom. The molecule has 1 fully saturated rings. The van der Waals surface area contributed by atoms with Gasteiger partial charge in [0.1, 0.15) is 5.78 Å². The molecule has 0 heterocycles. The molecule has 4 aromatic carbocycles. The van der Waals surface area contributed by atoms with Crippen molar-refractivity contribution in [3.05, 3.63) is 132 Å². The third-order valence-electron chi connectivity index (χ3n) is 10.8. The van der Waals surface area contributed by atoms with E-state index in [4.69, 9.17) is 5.73 Å². The van der Waals surface area contributed by atoms with Crippen LogP contribution in [0.15, 0.2) is 115 Å². The number of rotatable bonds is 20. The molecule has 1 saturated carbocycles. The van der Waals surface area contributed by atoms with Crippen molar-refractivity contribution in [1.82, 2.24) is 10.6 Å². The smallest absolute Gasteiger partial charge is 0.290 e. The summed E-state index contributed by atoms with van der Waals surface area (Å²) < 4.78 is 0. The number of carbonyl (C=O) groups is 6. The second kappa shape index (κ2) is 20.8. The molecular weight excluding hydrogens is 703 g/mol. The lowest BCUT2D eigenvalue weighted by atomic mass is 9.82. The minimum atomic E-state index is -1.22. The molecule has 0 spiro atoms. The molecule has 4 unspecified atom stereocenters. The maximum absolute atomic E-state index is 13.9. The van der Waals surface area contributed by atoms with Gasteiger partial charge in [0.05, 0.1) is 12.1 Å². The molecule has 5 rings (SSSR count). The van der Waals surface area contributed by atoms with Crippen molar-refractivity contribution in [3.63, 3.8) is 0 Å². The van der Waals surface area contributed by atoms with Gasteiger partial charge in [0, 0.05) is 31.1 Å². The van der Waals surface area contributed by atoms with Crippen molar-refractivity contribution in [2.45, 2.75) is 89.6 Å². The van der Waals surface area contributed by atoms with E-state index >= 15 is 0 Å². The Morgan fingerprint density at radius 1 is 0.625 bits per heavy atom. The highest BCUT2D eigenvalue weighted by Crippen LogP contribution is 2.29. The molecule has 0 radical (unpaired) electrons. The Kier molecular flexibility index (Phi) is 15.4. The minimum Gasteiger partial charge on any atom is -0.369 e. The van der Waals surface area contributed by atoms with Crippen LogP contribution in [0, 0.1) is 17.8 Å². The predicted octanol–water partition coefficient (Wildman–Crippen LogP) is 6.55. The first kappa shape index (κ1) is 41.5. The van der Waals surface area contributed by atoms with E-state index in [-0.39, 0.29) is 49.6 Å². The van der Waals surface area contributed by atoms with Crippen LogP contribution in [0.4, 0.5) is 0 Å². The number of amides is 3. The van der Waals surface area contributed by atoms with Crippen LogP contribution in [0.1, 0.15) is 75.0 Å². The van der Waals surface area contributed by atoms with Gasteiger partial charge >= 0.3 is 0 Å². The van der Waals surface area contributed by atoms with Gasteiger partial charge in [0.25, 0.3) is 5.91 Å². The topological polar surface area (TPSA) is 152 Å². The van der Waals surface area contributed by atoms with Gasteiger partial charge in [0.2, 0.25) is 17.6 Å². The Bertz CT molecular complexity index is 1930. The Morgan fingerprint density at radius 3 is 1.77 bits per heavy atom. The lowest BCUT2D eigenvalue weighted by molar-refractivity contribution is -0.141. The molecule has 0 bridgehead atoms. The molecule has 4 aromatic rings. The van der Waals surface area contributed by atoms with Crippen LogP contribution in [-0.4, -0.2) is 47.2 Å². The number of hydrogen-bond acceptors (Lipinski definition) is 6. The molecule has 1 aliphatic carbocycles. The SMILES string of the molecule is CC(NC(=O)C(CC(=O)Cc1ccccc1)Cc1ccccc1)C(=O)C(=O)NC(CC1CCCCC1)C(=O)CC(Cc1ccc(-c2ccccc2)cc1)C(N)=O. The number of hydrogen-bond donors (Lipinski definition) is 3. The first-order chi connectivity index (χ1) is 27.0. The summed E-state index contributed by atoms with van der Waals surface area (Å²) in [5.74, 6) is -4.91. The zero-order valence-corrected chi connectivity index (χ0v) is 32.2. The summed E-state index contributed by atoms with van der Waals surface area (Å²) in [5.41, 5.74) is 10.5. The first-order valence-electron chi connectivity index (χ1n) is 19.8. The van der Waals surface area contributed by atoms with Crippen molar-refractivity contribution < 1.29 is 28.8 Å². The van der Waals surface area contributed by atoms with E-state index in [2.05, 4.69) is 10.6 Å². The van der Waals surface area contributed by atoms with E-state index in [0.29, 0.717) is 6.42 Å². The van der Waals surface area contributed by atoms with Crippen molar-refractivity contribution in [2.75, 3.05) is 0 Å². The Labute approximate surface area is 329 Å². The van der Waals surface area contributed by atoms with Gasteiger partial charge in [-0.25, -0.2) is 0 Å². The number of carbonyl (C=O) groups excluding carboxylic acids is 6. The molecule has 3 amide bonds. The molecule has 1 aliphatic rings. The lowest BCUT2D eigenvalue weighted by Crippen LogP contribution is -2.52. The summed E-state index contributed by atoms with van der Waals surface area (Å²) in [7, 11) is 0. The fraction of sp³-hybridized carbons (Fsp3) is 0.362. The van der Waals surface area contributed by atoms with Gasteiger partial charge in [-0.3, -0.25) is 28.8 Å². The fourth-order valence-corrected chi connectivity index (χ4v) is 7.58. The molecule has 9 heteroatoms. The van der Waals surface area contributed by atoms with Crippen LogP contribution in [0.3, 0.4) is 0 Å². The first-order valence-corrected chi connectivity index (χ1v) is 19.8. The van der Waals surface area contributed by atoms with Crippen LogP contribution >= 0.6 is 0 Å². The molecule has 4 atom stereocenters. The van der Waals surface area contributed by atoms with Crippen LogP contribution in [-0.2, 0) is 48.0 Å². The summed E-state index contributed by atoms with van der Waals surface area (Å²) >= 11 is 0. The molecule has 0 aliphatic heterocycles. The van der Waals surface area contributed by atoms with E-state index in [1.165, 1.54) is 6.92 Å². The summed E-state index contributed by atoms with van der Waals surface area (Å²) in [6.45, 7) is 1.43. The van der Waals surface area contributed by atoms with Crippen LogP contribution in [0.5, 0.6) is 0 Å².